The largest absolute Gasteiger partial charge is 0.384 e. The average molecular weight is 691 g/mol. The molecule has 1 spiro atoms. The van der Waals surface area contributed by atoms with Crippen LogP contribution in [0.2, 0.25) is 0 Å². The Labute approximate surface area is 297 Å². The number of nitrogens with one attached hydrogen (secondary N) is 1. The van der Waals surface area contributed by atoms with Crippen LogP contribution in [0, 0.1) is 29.5 Å². The van der Waals surface area contributed by atoms with Crippen LogP contribution in [-0.2, 0) is 17.8 Å². The molecule has 4 aromatic rings. The number of rotatable bonds is 9. The summed E-state index contributed by atoms with van der Waals surface area (Å²) in [6.07, 6.45) is 5.92. The molecular formula is C39H43FN8O3. The fourth-order valence-electron chi connectivity index (χ4n) is 7.91. The number of hydrogen-bond donors (Lipinski definition) is 1. The maximum Gasteiger partial charge on any atom is 0.254 e. The molecule has 2 unspecified atom stereocenters. The van der Waals surface area contributed by atoms with Crippen molar-refractivity contribution in [3.63, 3.8) is 0 Å². The van der Waals surface area contributed by atoms with Crippen LogP contribution in [0.5, 0.6) is 0 Å². The lowest BCUT2D eigenvalue weighted by molar-refractivity contribution is 0.0390. The van der Waals surface area contributed by atoms with E-state index in [4.69, 9.17) is 4.74 Å². The molecule has 264 valence electrons. The molecular weight excluding hydrogens is 647 g/mol. The molecule has 3 aliphatic heterocycles. The molecule has 3 saturated heterocycles. The first-order valence-electron chi connectivity index (χ1n) is 17.4. The third kappa shape index (κ3) is 6.71. The molecule has 51 heavy (non-hydrogen) atoms. The van der Waals surface area contributed by atoms with Gasteiger partial charge in [-0.3, -0.25) is 14.5 Å². The molecule has 11 nitrogen and oxygen atoms in total. The van der Waals surface area contributed by atoms with Crippen molar-refractivity contribution in [3.8, 4) is 6.07 Å². The van der Waals surface area contributed by atoms with Crippen LogP contribution < -0.4 is 10.2 Å². The third-order valence-corrected chi connectivity index (χ3v) is 10.7. The van der Waals surface area contributed by atoms with E-state index >= 15 is 0 Å². The van der Waals surface area contributed by atoms with Gasteiger partial charge in [0.05, 0.1) is 18.3 Å². The third-order valence-electron chi connectivity index (χ3n) is 10.7. The lowest BCUT2D eigenvalue weighted by atomic mass is 9.86. The van der Waals surface area contributed by atoms with Crippen molar-refractivity contribution in [1.29, 1.82) is 5.26 Å². The Balaban J connectivity index is 1.05. The highest BCUT2D eigenvalue weighted by atomic mass is 19.1. The Hall–Kier alpha value is -5.12. The summed E-state index contributed by atoms with van der Waals surface area (Å²) >= 11 is 0. The molecule has 0 saturated carbocycles. The second-order valence-electron chi connectivity index (χ2n) is 14.4. The molecule has 2 aromatic carbocycles. The van der Waals surface area contributed by atoms with E-state index in [0.29, 0.717) is 24.7 Å². The van der Waals surface area contributed by atoms with Crippen LogP contribution in [0.4, 0.5) is 10.2 Å². The SMILES string of the molecule is C=C1COC(CCn2c(C#N)cc3c(C)c(CN4CCC5(CCN(c6nccnc6C(=O)c6ccc(F)cc6C(=O)N(C)C)C5)C4)ccc32)CN1. The normalized spacial score (nSPS) is 20.6. The summed E-state index contributed by atoms with van der Waals surface area (Å²) in [4.78, 5) is 41.7. The number of nitriles is 1. The van der Waals surface area contributed by atoms with Crippen LogP contribution in [0.1, 0.15) is 62.5 Å². The number of carbonyl (C=O) groups is 2. The second-order valence-corrected chi connectivity index (χ2v) is 14.4. The highest BCUT2D eigenvalue weighted by Gasteiger charge is 2.44. The van der Waals surface area contributed by atoms with E-state index in [9.17, 15) is 19.2 Å². The smallest absolute Gasteiger partial charge is 0.254 e. The van der Waals surface area contributed by atoms with Gasteiger partial charge >= 0.3 is 0 Å². The van der Waals surface area contributed by atoms with Crippen molar-refractivity contribution in [3.05, 3.63) is 101 Å². The van der Waals surface area contributed by atoms with E-state index in [1.807, 2.05) is 6.07 Å². The number of amides is 1. The van der Waals surface area contributed by atoms with Gasteiger partial charge in [-0.05, 0) is 74.2 Å². The number of nitrogens with zero attached hydrogens (tertiary/aromatic N) is 7. The number of fused-ring (bicyclic) bond motifs is 1. The number of anilines is 1. The Morgan fingerprint density at radius 2 is 1.92 bits per heavy atom. The molecule has 5 heterocycles. The number of halogens is 1. The number of benzene rings is 2. The summed E-state index contributed by atoms with van der Waals surface area (Å²) in [7, 11) is 3.13. The van der Waals surface area contributed by atoms with Crippen molar-refractivity contribution in [1.82, 2.24) is 29.7 Å². The highest BCUT2D eigenvalue weighted by Crippen LogP contribution is 2.42. The van der Waals surface area contributed by atoms with Gasteiger partial charge in [-0.25, -0.2) is 14.4 Å². The number of carbonyl (C=O) groups excluding carboxylic acids is 2. The minimum Gasteiger partial charge on any atom is -0.384 e. The fourth-order valence-corrected chi connectivity index (χ4v) is 7.91. The van der Waals surface area contributed by atoms with E-state index in [-0.39, 0.29) is 28.3 Å². The standard InChI is InChI=1S/C39H43FN8O3/c1-25-22-51-30(20-44-25)9-14-48-29(19-41)18-32-26(2)27(5-8-34(32)48)21-46-15-10-39(23-46)11-16-47(24-39)37-35(42-12-13-43-37)36(49)31-7-6-28(40)17-33(31)38(50)45(3)4/h5-8,12-13,17-18,30,44H,1,9-11,14-16,20-24H2,2-4H3. The van der Waals surface area contributed by atoms with E-state index in [2.05, 4.69) is 61.4 Å². The molecule has 0 bridgehead atoms. The summed E-state index contributed by atoms with van der Waals surface area (Å²) in [5.41, 5.74) is 5.37. The maximum absolute atomic E-state index is 14.2. The molecule has 0 aliphatic carbocycles. The lowest BCUT2D eigenvalue weighted by Gasteiger charge is -2.26. The number of ketones is 1. The van der Waals surface area contributed by atoms with Crippen molar-refractivity contribution >= 4 is 28.4 Å². The molecule has 1 amide bonds. The van der Waals surface area contributed by atoms with Crippen LogP contribution in [-0.4, -0.2) is 95.6 Å². The van der Waals surface area contributed by atoms with Crippen molar-refractivity contribution in [2.75, 3.05) is 58.3 Å². The molecule has 0 radical (unpaired) electrons. The molecule has 2 aromatic heterocycles. The van der Waals surface area contributed by atoms with Crippen molar-refractivity contribution in [2.45, 2.75) is 45.4 Å². The van der Waals surface area contributed by atoms with Crippen LogP contribution in [0.3, 0.4) is 0 Å². The van der Waals surface area contributed by atoms with Crippen LogP contribution in [0.15, 0.2) is 61.1 Å². The molecule has 2 atom stereocenters. The molecule has 3 aliphatic rings. The molecule has 12 heteroatoms. The minimum absolute atomic E-state index is 0.00155. The van der Waals surface area contributed by atoms with Gasteiger partial charge in [0.25, 0.3) is 5.91 Å². The zero-order valence-corrected chi connectivity index (χ0v) is 29.4. The Morgan fingerprint density at radius 1 is 1.12 bits per heavy atom. The van der Waals surface area contributed by atoms with Gasteiger partial charge in [-0.2, -0.15) is 5.26 Å². The maximum atomic E-state index is 14.2. The second kappa shape index (κ2) is 13.9. The van der Waals surface area contributed by atoms with Crippen LogP contribution in [0.25, 0.3) is 10.9 Å². The average Bonchev–Trinajstić information content (AvgIpc) is 3.85. The van der Waals surface area contributed by atoms with E-state index in [1.165, 1.54) is 34.4 Å². The van der Waals surface area contributed by atoms with Gasteiger partial charge in [-0.15, -0.1) is 0 Å². The number of hydrogen-bond acceptors (Lipinski definition) is 9. The number of aromatic nitrogens is 3. The zero-order valence-electron chi connectivity index (χ0n) is 29.4. The Kier molecular flexibility index (Phi) is 9.35. The predicted molar refractivity (Wildman–Crippen MR) is 192 cm³/mol. The number of aryl methyl sites for hydroxylation is 2. The Bertz CT molecular complexity index is 2060. The summed E-state index contributed by atoms with van der Waals surface area (Å²) in [5.74, 6) is -1.01. The quantitative estimate of drug-likeness (QED) is 0.250. The minimum atomic E-state index is -0.588. The van der Waals surface area contributed by atoms with Gasteiger partial charge in [0.1, 0.15) is 17.6 Å². The monoisotopic (exact) mass is 690 g/mol. The highest BCUT2D eigenvalue weighted by molar-refractivity contribution is 6.16. The van der Waals surface area contributed by atoms with E-state index in [1.54, 1.807) is 20.3 Å². The van der Waals surface area contributed by atoms with Gasteiger partial charge in [0, 0.05) is 93.3 Å². The molecule has 7 rings (SSSR count). The summed E-state index contributed by atoms with van der Waals surface area (Å²) in [6, 6.07) is 12.4. The zero-order chi connectivity index (χ0) is 35.9. The van der Waals surface area contributed by atoms with E-state index in [0.717, 1.165) is 81.2 Å². The van der Waals surface area contributed by atoms with Crippen molar-refractivity contribution < 1.29 is 18.7 Å². The van der Waals surface area contributed by atoms with Crippen LogP contribution >= 0.6 is 0 Å². The first-order valence-corrected chi connectivity index (χ1v) is 17.4. The van der Waals surface area contributed by atoms with Crippen molar-refractivity contribution in [2.24, 2.45) is 5.41 Å². The number of morpholine rings is 1. The van der Waals surface area contributed by atoms with Gasteiger partial charge in [-0.1, -0.05) is 12.6 Å². The fraction of sp³-hybridized carbons (Fsp3) is 0.410. The summed E-state index contributed by atoms with van der Waals surface area (Å²) in [6.45, 7) is 12.2. The lowest BCUT2D eigenvalue weighted by Crippen LogP contribution is -2.37. The first-order chi connectivity index (χ1) is 24.6. The topological polar surface area (TPSA) is 120 Å². The summed E-state index contributed by atoms with van der Waals surface area (Å²) < 4.78 is 22.2. The van der Waals surface area contributed by atoms with E-state index < -0.39 is 17.5 Å². The van der Waals surface area contributed by atoms with Gasteiger partial charge in [0.15, 0.2) is 11.5 Å². The summed E-state index contributed by atoms with van der Waals surface area (Å²) in [5, 5.41) is 14.4. The van der Waals surface area contributed by atoms with Gasteiger partial charge < -0.3 is 24.4 Å². The Morgan fingerprint density at radius 3 is 2.69 bits per heavy atom. The molecule has 3 fully saturated rings. The number of ether oxygens (including phenoxy) is 1. The predicted octanol–water partition coefficient (Wildman–Crippen LogP) is 4.68. The molecule has 1 N–H and O–H groups in total. The van der Waals surface area contributed by atoms with Gasteiger partial charge in [0.2, 0.25) is 5.78 Å². The number of likely N-dealkylation sites (tertiary alicyclic amines) is 1. The first kappa shape index (κ1) is 34.3.